The predicted octanol–water partition coefficient (Wildman–Crippen LogP) is 2.00. The van der Waals surface area contributed by atoms with E-state index in [9.17, 15) is 47.5 Å². The van der Waals surface area contributed by atoms with Gasteiger partial charge in [0.2, 0.25) is 17.2 Å². The highest BCUT2D eigenvalue weighted by molar-refractivity contribution is 7.52. The van der Waals surface area contributed by atoms with Gasteiger partial charge in [0.05, 0.1) is 12.5 Å². The van der Waals surface area contributed by atoms with Gasteiger partial charge in [-0.3, -0.25) is 38.2 Å². The van der Waals surface area contributed by atoms with Crippen molar-refractivity contribution < 1.29 is 75.1 Å². The van der Waals surface area contributed by atoms with Crippen molar-refractivity contribution in [3.05, 3.63) is 112 Å². The minimum absolute atomic E-state index is 0.00524. The number of nitrogens with one attached hydrogen (secondary N) is 2. The number of hydrogen-bond donors (Lipinski definition) is 5. The molecule has 3 aliphatic rings. The molecule has 1 aromatic heterocycles. The summed E-state index contributed by atoms with van der Waals surface area (Å²) in [6, 6.07) is 7.11. The molecule has 1 amide bonds. The molecule has 18 nitrogen and oxygen atoms in total. The fourth-order valence-corrected chi connectivity index (χ4v) is 7.38. The van der Waals surface area contributed by atoms with Gasteiger partial charge >= 0.3 is 19.4 Å². The standard InChI is InChI=1S/C24H28F2N3O9P.C13H13F2NO5/c1-5-12-23(25)20(32)24(26,37-21(23)29-13-11-18(30)27-22(29)33)14-35-39(34,38-17-9-7-6-8-10-17)28-16(4)19(31)36-15(2)3;1-2-4-12(14)10(20)13(15,7-17)21-11(12)16-5-3-8(18)6-9(16)19/h6-13,15-16,20-21,32H,1,14H2,2-4H3,(H,28,34)(H,27,30,33);3-5,10-11,17,20H,1,6-7H2/t16-,20-,21+,23+,24+,39?;10-,11+,12+,13+/m00/s1. The maximum atomic E-state index is 16.0. The summed E-state index contributed by atoms with van der Waals surface area (Å²) in [5.41, 5.74) is -3.85. The Balaban J connectivity index is 0.000000317. The SMILES string of the molecule is C=C=C[C@]1(F)[C@H](N2C=CC(=O)CC2=O)O[C@](F)(CO)[C@H]1O.C=C=C[C@]1(F)[C@H](n2ccc(=O)[nH]c2=O)O[C@](F)(COP(=O)(N[C@@H](C)C(=O)OC(C)C)Oc2ccccc2)[C@H]1O. The Morgan fingerprint density at radius 2 is 1.58 bits per heavy atom. The summed E-state index contributed by atoms with van der Waals surface area (Å²) in [5, 5.41) is 31.7. The molecule has 0 bridgehead atoms. The first-order valence-electron chi connectivity index (χ1n) is 17.6. The van der Waals surface area contributed by atoms with Gasteiger partial charge in [0.15, 0.2) is 30.4 Å². The lowest BCUT2D eigenvalue weighted by Gasteiger charge is -2.32. The van der Waals surface area contributed by atoms with Gasteiger partial charge in [-0.15, -0.1) is 11.5 Å². The second kappa shape index (κ2) is 18.6. The number of aliphatic hydroxyl groups is 3. The minimum atomic E-state index is -4.64. The quantitative estimate of drug-likeness (QED) is 0.0600. The molecule has 1 unspecified atom stereocenters. The molecule has 2 aromatic rings. The Morgan fingerprint density at radius 1 is 1.00 bits per heavy atom. The third-order valence-corrected chi connectivity index (χ3v) is 10.4. The number of allylic oxidation sites excluding steroid dienone is 1. The monoisotopic (exact) mass is 872 g/mol. The van der Waals surface area contributed by atoms with E-state index in [1.54, 1.807) is 32.0 Å². The van der Waals surface area contributed by atoms with Gasteiger partial charge in [0.25, 0.3) is 17.3 Å². The summed E-state index contributed by atoms with van der Waals surface area (Å²) in [5.74, 6) is -8.66. The molecule has 0 saturated carbocycles. The van der Waals surface area contributed by atoms with Crippen LogP contribution in [0.2, 0.25) is 0 Å². The van der Waals surface area contributed by atoms with Gasteiger partial charge in [0.1, 0.15) is 25.0 Å². The van der Waals surface area contributed by atoms with Crippen LogP contribution in [-0.2, 0) is 37.7 Å². The number of aromatic amines is 1. The third-order valence-electron chi connectivity index (χ3n) is 8.74. The van der Waals surface area contributed by atoms with Gasteiger partial charge in [-0.1, -0.05) is 31.4 Å². The van der Waals surface area contributed by atoms with Crippen molar-refractivity contribution in [1.29, 1.82) is 0 Å². The normalized spacial score (nSPS) is 31.3. The molecule has 2 saturated heterocycles. The highest BCUT2D eigenvalue weighted by Crippen LogP contribution is 2.52. The first kappa shape index (κ1) is 47.4. The molecule has 326 valence electrons. The van der Waals surface area contributed by atoms with Crippen LogP contribution in [0, 0.1) is 0 Å². The number of amides is 1. The topological polar surface area (TPSA) is 245 Å². The smallest absolute Gasteiger partial charge is 0.459 e. The number of alkyl halides is 4. The van der Waals surface area contributed by atoms with Crippen molar-refractivity contribution in [3.63, 3.8) is 0 Å². The van der Waals surface area contributed by atoms with Crippen LogP contribution in [0.15, 0.2) is 101 Å². The van der Waals surface area contributed by atoms with Crippen LogP contribution in [0.5, 0.6) is 5.75 Å². The van der Waals surface area contributed by atoms with Crippen molar-refractivity contribution in [2.75, 3.05) is 13.2 Å². The average Bonchev–Trinajstić information content (AvgIpc) is 3.49. The molecule has 0 radical (unpaired) electrons. The van der Waals surface area contributed by atoms with Crippen LogP contribution in [0.1, 0.15) is 33.4 Å². The average molecular weight is 873 g/mol. The van der Waals surface area contributed by atoms with E-state index in [0.29, 0.717) is 21.6 Å². The number of para-hydroxylation sites is 1. The van der Waals surface area contributed by atoms with Crippen molar-refractivity contribution >= 4 is 25.4 Å². The Hall–Kier alpha value is -5.24. The van der Waals surface area contributed by atoms with Crippen LogP contribution in [0.25, 0.3) is 0 Å². The third kappa shape index (κ3) is 10.0. The molecule has 0 aliphatic carbocycles. The van der Waals surface area contributed by atoms with E-state index >= 15 is 8.78 Å². The number of ketones is 1. The van der Waals surface area contributed by atoms with Gasteiger partial charge < -0.3 is 34.1 Å². The molecule has 3 aliphatic heterocycles. The molecule has 5 rings (SSSR count). The molecular weight excluding hydrogens is 831 g/mol. The first-order chi connectivity index (χ1) is 28.0. The minimum Gasteiger partial charge on any atom is -0.462 e. The molecule has 1 aromatic carbocycles. The summed E-state index contributed by atoms with van der Waals surface area (Å²) in [6.07, 6.45) is -6.20. The van der Waals surface area contributed by atoms with E-state index in [1.807, 2.05) is 4.98 Å². The number of hydrogen-bond acceptors (Lipinski definition) is 14. The number of benzene rings is 1. The van der Waals surface area contributed by atoms with Crippen LogP contribution in [0.4, 0.5) is 17.6 Å². The van der Waals surface area contributed by atoms with E-state index < -0.39 is 116 Å². The van der Waals surface area contributed by atoms with Crippen LogP contribution >= 0.6 is 7.75 Å². The number of H-pyrrole nitrogens is 1. The lowest BCUT2D eigenvalue weighted by Crippen LogP contribution is -2.52. The fourth-order valence-electron chi connectivity index (χ4n) is 5.88. The molecule has 10 atom stereocenters. The predicted molar refractivity (Wildman–Crippen MR) is 198 cm³/mol. The second-order valence-corrected chi connectivity index (χ2v) is 15.3. The van der Waals surface area contributed by atoms with Crippen molar-refractivity contribution in [1.82, 2.24) is 19.5 Å². The Morgan fingerprint density at radius 3 is 2.13 bits per heavy atom. The van der Waals surface area contributed by atoms with E-state index in [0.717, 1.165) is 24.5 Å². The van der Waals surface area contributed by atoms with Gasteiger partial charge in [-0.25, -0.2) is 26.9 Å². The lowest BCUT2D eigenvalue weighted by molar-refractivity contribution is -0.212. The van der Waals surface area contributed by atoms with E-state index in [1.165, 1.54) is 19.1 Å². The van der Waals surface area contributed by atoms with Crippen molar-refractivity contribution in [2.45, 2.75) is 87.0 Å². The lowest BCUT2D eigenvalue weighted by atomic mass is 9.94. The van der Waals surface area contributed by atoms with Crippen LogP contribution in [0.3, 0.4) is 0 Å². The van der Waals surface area contributed by atoms with E-state index in [4.69, 9.17) is 28.4 Å². The molecule has 4 heterocycles. The zero-order valence-electron chi connectivity index (χ0n) is 32.0. The molecule has 60 heavy (non-hydrogen) atoms. The largest absolute Gasteiger partial charge is 0.462 e. The fraction of sp³-hybridized carbons (Fsp3) is 0.432. The highest BCUT2D eigenvalue weighted by atomic mass is 31.2. The summed E-state index contributed by atoms with van der Waals surface area (Å²) >= 11 is 0. The van der Waals surface area contributed by atoms with E-state index in [-0.39, 0.29) is 5.75 Å². The van der Waals surface area contributed by atoms with Crippen molar-refractivity contribution in [3.8, 4) is 5.75 Å². The number of ether oxygens (including phenoxy) is 3. The summed E-state index contributed by atoms with van der Waals surface area (Å²) in [7, 11) is -4.64. The van der Waals surface area contributed by atoms with Gasteiger partial charge in [-0.2, -0.15) is 5.09 Å². The summed E-state index contributed by atoms with van der Waals surface area (Å²) < 4.78 is 101. The first-order valence-corrected chi connectivity index (χ1v) is 19.2. The van der Waals surface area contributed by atoms with E-state index in [2.05, 4.69) is 29.7 Å². The van der Waals surface area contributed by atoms with Crippen LogP contribution in [-0.4, -0.2) is 114 Å². The number of nitrogens with zero attached hydrogens (tertiary/aromatic N) is 2. The summed E-state index contributed by atoms with van der Waals surface area (Å²) in [4.78, 5) is 61.4. The molecule has 5 N–H and O–H groups in total. The number of rotatable bonds is 14. The van der Waals surface area contributed by atoms with Gasteiger partial charge in [-0.05, 0) is 39.0 Å². The second-order valence-electron chi connectivity index (χ2n) is 13.6. The summed E-state index contributed by atoms with van der Waals surface area (Å²) in [6.45, 7) is 8.12. The Kier molecular flexibility index (Phi) is 14.7. The number of aromatic nitrogens is 2. The van der Waals surface area contributed by atoms with Crippen molar-refractivity contribution in [2.24, 2.45) is 0 Å². The highest BCUT2D eigenvalue weighted by Gasteiger charge is 2.68. The number of carbonyl (C=O) groups excluding carboxylic acids is 3. The zero-order chi connectivity index (χ0) is 44.8. The molecule has 0 spiro atoms. The number of halogens is 4. The number of carbonyl (C=O) groups is 3. The number of esters is 1. The van der Waals surface area contributed by atoms with Crippen LogP contribution < -0.4 is 20.9 Å². The zero-order valence-corrected chi connectivity index (χ0v) is 32.9. The van der Waals surface area contributed by atoms with Gasteiger partial charge in [0, 0.05) is 30.6 Å². The Labute approximate surface area is 338 Å². The maximum Gasteiger partial charge on any atom is 0.459 e. The Bertz CT molecular complexity index is 2230. The molecule has 23 heteroatoms. The number of aliphatic hydroxyl groups excluding tert-OH is 3. The molecular formula is C37H41F4N4O14P. The maximum absolute atomic E-state index is 16.0. The molecule has 2 fully saturated rings.